The number of benzene rings is 1. The highest BCUT2D eigenvalue weighted by atomic mass is 35.5. The number of carbonyl (C=O) groups is 1. The lowest BCUT2D eigenvalue weighted by molar-refractivity contribution is 0.0764. The van der Waals surface area contributed by atoms with Crippen LogP contribution in [0.25, 0.3) is 0 Å². The highest BCUT2D eigenvalue weighted by molar-refractivity contribution is 6.34. The van der Waals surface area contributed by atoms with Crippen LogP contribution >= 0.6 is 11.6 Å². The van der Waals surface area contributed by atoms with Crippen molar-refractivity contribution < 1.29 is 13.9 Å². The summed E-state index contributed by atoms with van der Waals surface area (Å²) in [5.74, 6) is -0.784. The van der Waals surface area contributed by atoms with E-state index in [1.807, 2.05) is 6.92 Å². The van der Waals surface area contributed by atoms with Gasteiger partial charge in [-0.2, -0.15) is 0 Å². The van der Waals surface area contributed by atoms with Crippen LogP contribution in [0.3, 0.4) is 0 Å². The Morgan fingerprint density at radius 2 is 2.31 bits per heavy atom. The second kappa shape index (κ2) is 4.52. The molecule has 0 amide bonds. The summed E-state index contributed by atoms with van der Waals surface area (Å²) in [7, 11) is 0. The van der Waals surface area contributed by atoms with Crippen molar-refractivity contribution in [1.82, 2.24) is 0 Å². The predicted molar refractivity (Wildman–Crippen MR) is 59.3 cm³/mol. The number of ether oxygens (including phenoxy) is 1. The molecule has 0 N–H and O–H groups in total. The summed E-state index contributed by atoms with van der Waals surface area (Å²) >= 11 is 5.89. The molecule has 2 rings (SSSR count). The Kier molecular flexibility index (Phi) is 3.26. The highest BCUT2D eigenvalue weighted by Gasteiger charge is 2.32. The van der Waals surface area contributed by atoms with Crippen molar-refractivity contribution in [3.05, 3.63) is 34.6 Å². The zero-order chi connectivity index (χ0) is 11.7. The molecule has 0 aliphatic carbocycles. The van der Waals surface area contributed by atoms with Crippen LogP contribution in [0, 0.1) is 11.7 Å². The molecule has 0 aromatic heterocycles. The summed E-state index contributed by atoms with van der Waals surface area (Å²) in [6, 6.07) is 3.84. The SMILES string of the molecule is CC1OCCC1C(=O)c1cc(F)ccc1Cl. The van der Waals surface area contributed by atoms with Gasteiger partial charge in [0.2, 0.25) is 0 Å². The summed E-state index contributed by atoms with van der Waals surface area (Å²) in [6.45, 7) is 2.42. The van der Waals surface area contributed by atoms with Gasteiger partial charge in [-0.05, 0) is 31.5 Å². The molecule has 1 saturated heterocycles. The van der Waals surface area contributed by atoms with Crippen LogP contribution in [0.15, 0.2) is 18.2 Å². The molecule has 1 fully saturated rings. The molecule has 86 valence electrons. The molecular weight excluding hydrogens is 231 g/mol. The number of hydrogen-bond acceptors (Lipinski definition) is 2. The van der Waals surface area contributed by atoms with Gasteiger partial charge in [0.25, 0.3) is 0 Å². The lowest BCUT2D eigenvalue weighted by Gasteiger charge is -2.13. The molecule has 0 saturated carbocycles. The number of rotatable bonds is 2. The van der Waals surface area contributed by atoms with Gasteiger partial charge in [0.15, 0.2) is 5.78 Å². The first-order chi connectivity index (χ1) is 7.59. The van der Waals surface area contributed by atoms with Gasteiger partial charge in [-0.25, -0.2) is 4.39 Å². The number of halogens is 2. The molecule has 0 radical (unpaired) electrons. The molecule has 1 aliphatic rings. The second-order valence-electron chi connectivity index (χ2n) is 3.96. The van der Waals surface area contributed by atoms with E-state index in [9.17, 15) is 9.18 Å². The average molecular weight is 243 g/mol. The predicted octanol–water partition coefficient (Wildman–Crippen LogP) is 3.09. The van der Waals surface area contributed by atoms with E-state index in [0.717, 1.165) is 0 Å². The number of carbonyl (C=O) groups excluding carboxylic acids is 1. The van der Waals surface area contributed by atoms with Gasteiger partial charge >= 0.3 is 0 Å². The second-order valence-corrected chi connectivity index (χ2v) is 4.37. The smallest absolute Gasteiger partial charge is 0.170 e. The van der Waals surface area contributed by atoms with Crippen molar-refractivity contribution in [3.8, 4) is 0 Å². The standard InChI is InChI=1S/C12H12ClFO2/c1-7-9(4-5-16-7)12(15)10-6-8(14)2-3-11(10)13/h2-3,6-7,9H,4-5H2,1H3. The van der Waals surface area contributed by atoms with Crippen LogP contribution in [0.4, 0.5) is 4.39 Å². The van der Waals surface area contributed by atoms with Gasteiger partial charge in [0.1, 0.15) is 5.82 Å². The topological polar surface area (TPSA) is 26.3 Å². The quantitative estimate of drug-likeness (QED) is 0.745. The van der Waals surface area contributed by atoms with E-state index < -0.39 is 5.82 Å². The first kappa shape index (κ1) is 11.6. The molecule has 1 aromatic carbocycles. The minimum atomic E-state index is -0.445. The van der Waals surface area contributed by atoms with Gasteiger partial charge in [0.05, 0.1) is 17.0 Å². The third kappa shape index (κ3) is 2.11. The zero-order valence-electron chi connectivity index (χ0n) is 8.87. The number of hydrogen-bond donors (Lipinski definition) is 0. The summed E-state index contributed by atoms with van der Waals surface area (Å²) in [4.78, 5) is 12.1. The maximum absolute atomic E-state index is 13.0. The van der Waals surface area contributed by atoms with E-state index >= 15 is 0 Å². The van der Waals surface area contributed by atoms with Crippen LogP contribution < -0.4 is 0 Å². The molecule has 1 aromatic rings. The Labute approximate surface area is 98.4 Å². The summed E-state index contributed by atoms with van der Waals surface area (Å²) < 4.78 is 18.4. The molecule has 2 atom stereocenters. The Morgan fingerprint density at radius 3 is 2.94 bits per heavy atom. The van der Waals surface area contributed by atoms with Crippen LogP contribution in [0.1, 0.15) is 23.7 Å². The van der Waals surface area contributed by atoms with Crippen molar-refractivity contribution in [2.75, 3.05) is 6.61 Å². The fourth-order valence-corrected chi connectivity index (χ4v) is 2.17. The molecule has 1 aliphatic heterocycles. The van der Waals surface area contributed by atoms with Crippen molar-refractivity contribution in [2.45, 2.75) is 19.4 Å². The van der Waals surface area contributed by atoms with Crippen molar-refractivity contribution in [3.63, 3.8) is 0 Å². The van der Waals surface area contributed by atoms with E-state index in [2.05, 4.69) is 0 Å². The minimum absolute atomic E-state index is 0.119. The minimum Gasteiger partial charge on any atom is -0.378 e. The van der Waals surface area contributed by atoms with Gasteiger partial charge < -0.3 is 4.74 Å². The number of ketones is 1. The monoisotopic (exact) mass is 242 g/mol. The zero-order valence-corrected chi connectivity index (χ0v) is 9.63. The Hall–Kier alpha value is -0.930. The van der Waals surface area contributed by atoms with Crippen LogP contribution in [-0.4, -0.2) is 18.5 Å². The summed E-state index contributed by atoms with van der Waals surface area (Å²) in [6.07, 6.45) is 0.555. The fourth-order valence-electron chi connectivity index (χ4n) is 1.96. The highest BCUT2D eigenvalue weighted by Crippen LogP contribution is 2.28. The Bertz CT molecular complexity index is 419. The molecule has 0 spiro atoms. The van der Waals surface area contributed by atoms with Crippen molar-refractivity contribution in [2.24, 2.45) is 5.92 Å². The van der Waals surface area contributed by atoms with E-state index in [4.69, 9.17) is 16.3 Å². The number of Topliss-reactive ketones (excluding diaryl/α,β-unsaturated/α-hetero) is 1. The van der Waals surface area contributed by atoms with Crippen molar-refractivity contribution in [1.29, 1.82) is 0 Å². The first-order valence-corrected chi connectivity index (χ1v) is 5.58. The molecule has 16 heavy (non-hydrogen) atoms. The third-order valence-corrected chi connectivity index (χ3v) is 3.24. The van der Waals surface area contributed by atoms with Gasteiger partial charge in [-0.3, -0.25) is 4.79 Å². The molecule has 2 unspecified atom stereocenters. The lowest BCUT2D eigenvalue weighted by Crippen LogP contribution is -2.22. The van der Waals surface area contributed by atoms with E-state index in [0.29, 0.717) is 18.1 Å². The van der Waals surface area contributed by atoms with E-state index in [1.165, 1.54) is 18.2 Å². The molecule has 4 heteroatoms. The molecule has 0 bridgehead atoms. The third-order valence-electron chi connectivity index (χ3n) is 2.91. The maximum Gasteiger partial charge on any atom is 0.170 e. The van der Waals surface area contributed by atoms with E-state index in [1.54, 1.807) is 0 Å². The van der Waals surface area contributed by atoms with Crippen LogP contribution in [-0.2, 0) is 4.74 Å². The Morgan fingerprint density at radius 1 is 1.56 bits per heavy atom. The maximum atomic E-state index is 13.0. The Balaban J connectivity index is 2.29. The van der Waals surface area contributed by atoms with E-state index in [-0.39, 0.29) is 23.4 Å². The normalized spacial score (nSPS) is 24.7. The fraction of sp³-hybridized carbons (Fsp3) is 0.417. The van der Waals surface area contributed by atoms with Gasteiger partial charge in [-0.15, -0.1) is 0 Å². The molecule has 1 heterocycles. The average Bonchev–Trinajstić information content (AvgIpc) is 2.67. The molecular formula is C12H12ClFO2. The lowest BCUT2D eigenvalue weighted by atomic mass is 9.92. The largest absolute Gasteiger partial charge is 0.378 e. The molecule has 2 nitrogen and oxygen atoms in total. The summed E-state index contributed by atoms with van der Waals surface area (Å²) in [5.41, 5.74) is 0.254. The van der Waals surface area contributed by atoms with Crippen LogP contribution in [0.5, 0.6) is 0 Å². The van der Waals surface area contributed by atoms with Gasteiger partial charge in [0, 0.05) is 12.2 Å². The summed E-state index contributed by atoms with van der Waals surface area (Å²) in [5, 5.41) is 0.297. The van der Waals surface area contributed by atoms with Crippen LogP contribution in [0.2, 0.25) is 5.02 Å². The first-order valence-electron chi connectivity index (χ1n) is 5.20. The van der Waals surface area contributed by atoms with Crippen molar-refractivity contribution >= 4 is 17.4 Å². The van der Waals surface area contributed by atoms with Gasteiger partial charge in [-0.1, -0.05) is 11.6 Å².